The molecule has 3 aromatic rings. The summed E-state index contributed by atoms with van der Waals surface area (Å²) in [6.07, 6.45) is 1.44. The van der Waals surface area contributed by atoms with E-state index in [1.807, 2.05) is 32.0 Å². The smallest absolute Gasteiger partial charge is 0.266 e. The van der Waals surface area contributed by atoms with Crippen LogP contribution in [0.3, 0.4) is 0 Å². The van der Waals surface area contributed by atoms with E-state index in [1.165, 1.54) is 18.2 Å². The number of hydrogen-bond acceptors (Lipinski definition) is 3. The third kappa shape index (κ3) is 5.71. The van der Waals surface area contributed by atoms with Gasteiger partial charge >= 0.3 is 0 Å². The Balaban J connectivity index is 1.84. The topological polar surface area (TPSA) is 62.1 Å². The Morgan fingerprint density at radius 2 is 1.90 bits per heavy atom. The summed E-state index contributed by atoms with van der Waals surface area (Å²) in [6.45, 7) is 4.04. The van der Waals surface area contributed by atoms with E-state index in [1.54, 1.807) is 36.4 Å². The summed E-state index contributed by atoms with van der Waals surface area (Å²) >= 11 is 6.12. The molecule has 6 heteroatoms. The van der Waals surface area contributed by atoms with Crippen LogP contribution in [0.15, 0.2) is 66.2 Å². The van der Waals surface area contributed by atoms with Gasteiger partial charge in [-0.2, -0.15) is 5.26 Å². The molecule has 1 N–H and O–H groups in total. The minimum atomic E-state index is -0.527. The second kappa shape index (κ2) is 9.92. The summed E-state index contributed by atoms with van der Waals surface area (Å²) in [5.74, 6) is -0.408. The molecular weight excluding hydrogens is 415 g/mol. The van der Waals surface area contributed by atoms with Gasteiger partial charge in [-0.15, -0.1) is 0 Å². The predicted molar refractivity (Wildman–Crippen MR) is 120 cm³/mol. The fourth-order valence-electron chi connectivity index (χ4n) is 2.89. The fraction of sp³-hybridized carbons (Fsp3) is 0.120. The molecule has 1 amide bonds. The number of carbonyl (C=O) groups excluding carboxylic acids is 1. The van der Waals surface area contributed by atoms with Crippen LogP contribution in [0.5, 0.6) is 5.75 Å². The number of nitrogens with zero attached hydrogens (tertiary/aromatic N) is 1. The highest BCUT2D eigenvalue weighted by Crippen LogP contribution is 2.27. The Kier molecular flexibility index (Phi) is 7.07. The number of rotatable bonds is 6. The molecule has 0 aliphatic rings. The number of hydrogen-bond donors (Lipinski definition) is 1. The molecule has 156 valence electrons. The SMILES string of the molecule is Cc1cccc(NC(=O)/C(C#N)=C/c2cc(Cl)ccc2OCc2ccc(F)cc2)c1C. The number of nitriles is 1. The van der Waals surface area contributed by atoms with Gasteiger partial charge in [-0.3, -0.25) is 4.79 Å². The lowest BCUT2D eigenvalue weighted by Gasteiger charge is -2.12. The van der Waals surface area contributed by atoms with Crippen LogP contribution in [0.25, 0.3) is 6.08 Å². The van der Waals surface area contributed by atoms with Crippen LogP contribution in [0, 0.1) is 31.0 Å². The first-order valence-electron chi connectivity index (χ1n) is 9.53. The minimum absolute atomic E-state index is 0.0881. The van der Waals surface area contributed by atoms with Gasteiger partial charge in [-0.25, -0.2) is 4.39 Å². The summed E-state index contributed by atoms with van der Waals surface area (Å²) in [4.78, 5) is 12.7. The average Bonchev–Trinajstić information content (AvgIpc) is 2.75. The van der Waals surface area contributed by atoms with Gasteiger partial charge in [0, 0.05) is 16.3 Å². The van der Waals surface area contributed by atoms with Gasteiger partial charge in [0.05, 0.1) is 0 Å². The van der Waals surface area contributed by atoms with Gasteiger partial charge in [-0.05, 0) is 73.0 Å². The van der Waals surface area contributed by atoms with E-state index in [9.17, 15) is 14.4 Å². The molecule has 0 fully saturated rings. The molecule has 0 spiro atoms. The van der Waals surface area contributed by atoms with Gasteiger partial charge in [0.1, 0.15) is 29.8 Å². The first-order chi connectivity index (χ1) is 14.9. The van der Waals surface area contributed by atoms with E-state index in [0.717, 1.165) is 16.7 Å². The van der Waals surface area contributed by atoms with Crippen molar-refractivity contribution in [3.05, 3.63) is 99.3 Å². The van der Waals surface area contributed by atoms with Crippen LogP contribution < -0.4 is 10.1 Å². The van der Waals surface area contributed by atoms with E-state index in [4.69, 9.17) is 16.3 Å². The van der Waals surface area contributed by atoms with Crippen LogP contribution >= 0.6 is 11.6 Å². The summed E-state index contributed by atoms with van der Waals surface area (Å²) in [5.41, 5.74) is 3.78. The standard InChI is InChI=1S/C25H20ClFN2O2/c1-16-4-3-5-23(17(16)2)29-25(30)20(14-28)12-19-13-21(26)8-11-24(19)31-15-18-6-9-22(27)10-7-18/h3-13H,15H2,1-2H3,(H,29,30)/b20-12+. The van der Waals surface area contributed by atoms with Crippen molar-refractivity contribution in [2.75, 3.05) is 5.32 Å². The number of anilines is 1. The van der Waals surface area contributed by atoms with Crippen molar-refractivity contribution in [2.45, 2.75) is 20.5 Å². The van der Waals surface area contributed by atoms with Crippen molar-refractivity contribution in [3.8, 4) is 11.8 Å². The molecular formula is C25H20ClFN2O2. The van der Waals surface area contributed by atoms with Crippen molar-refractivity contribution in [3.63, 3.8) is 0 Å². The van der Waals surface area contributed by atoms with Crippen LogP contribution in [-0.4, -0.2) is 5.91 Å². The lowest BCUT2D eigenvalue weighted by molar-refractivity contribution is -0.112. The minimum Gasteiger partial charge on any atom is -0.488 e. The molecule has 3 rings (SSSR count). The van der Waals surface area contributed by atoms with Gasteiger partial charge in [0.25, 0.3) is 5.91 Å². The largest absolute Gasteiger partial charge is 0.488 e. The monoisotopic (exact) mass is 434 g/mol. The molecule has 4 nitrogen and oxygen atoms in total. The molecule has 0 heterocycles. The molecule has 0 unspecified atom stereocenters. The molecule has 3 aromatic carbocycles. The zero-order chi connectivity index (χ0) is 22.4. The van der Waals surface area contributed by atoms with Gasteiger partial charge in [0.2, 0.25) is 0 Å². The Morgan fingerprint density at radius 3 is 2.61 bits per heavy atom. The number of amides is 1. The second-order valence-electron chi connectivity index (χ2n) is 6.97. The third-order valence-electron chi connectivity index (χ3n) is 4.80. The Morgan fingerprint density at radius 1 is 1.16 bits per heavy atom. The summed E-state index contributed by atoms with van der Waals surface area (Å²) in [6, 6.07) is 18.4. The average molecular weight is 435 g/mol. The van der Waals surface area contributed by atoms with E-state index in [-0.39, 0.29) is 18.0 Å². The number of carbonyl (C=O) groups is 1. The fourth-order valence-corrected chi connectivity index (χ4v) is 3.07. The van der Waals surface area contributed by atoms with E-state index >= 15 is 0 Å². The molecule has 31 heavy (non-hydrogen) atoms. The Labute approximate surface area is 185 Å². The maximum Gasteiger partial charge on any atom is 0.266 e. The van der Waals surface area contributed by atoms with Gasteiger partial charge in [0.15, 0.2) is 0 Å². The molecule has 0 saturated heterocycles. The maximum absolute atomic E-state index is 13.1. The molecule has 0 atom stereocenters. The lowest BCUT2D eigenvalue weighted by atomic mass is 10.1. The molecule has 0 aromatic heterocycles. The van der Waals surface area contributed by atoms with Gasteiger partial charge < -0.3 is 10.1 Å². The normalized spacial score (nSPS) is 11.0. The van der Waals surface area contributed by atoms with Crippen molar-refractivity contribution < 1.29 is 13.9 Å². The predicted octanol–water partition coefficient (Wildman–Crippen LogP) is 6.22. The zero-order valence-electron chi connectivity index (χ0n) is 17.1. The van der Waals surface area contributed by atoms with Crippen LogP contribution in [-0.2, 0) is 11.4 Å². The molecule has 0 aliphatic heterocycles. The lowest BCUT2D eigenvalue weighted by Crippen LogP contribution is -2.14. The number of halogens is 2. The number of benzene rings is 3. The van der Waals surface area contributed by atoms with Crippen LogP contribution in [0.2, 0.25) is 5.02 Å². The highest BCUT2D eigenvalue weighted by atomic mass is 35.5. The van der Waals surface area contributed by atoms with Gasteiger partial charge in [-0.1, -0.05) is 35.9 Å². The Bertz CT molecular complexity index is 1180. The van der Waals surface area contributed by atoms with Crippen molar-refractivity contribution in [2.24, 2.45) is 0 Å². The quantitative estimate of drug-likeness (QED) is 0.370. The molecule has 0 radical (unpaired) electrons. The zero-order valence-corrected chi connectivity index (χ0v) is 17.8. The number of aryl methyl sites for hydroxylation is 1. The van der Waals surface area contributed by atoms with E-state index < -0.39 is 5.91 Å². The summed E-state index contributed by atoms with van der Waals surface area (Å²) in [7, 11) is 0. The van der Waals surface area contributed by atoms with Crippen molar-refractivity contribution >= 4 is 29.3 Å². The molecule has 0 aliphatic carbocycles. The first-order valence-corrected chi connectivity index (χ1v) is 9.91. The van der Waals surface area contributed by atoms with E-state index in [2.05, 4.69) is 5.32 Å². The van der Waals surface area contributed by atoms with Crippen molar-refractivity contribution in [1.82, 2.24) is 0 Å². The Hall–Kier alpha value is -3.62. The molecule has 0 bridgehead atoms. The number of nitrogens with one attached hydrogen (secondary N) is 1. The highest BCUT2D eigenvalue weighted by Gasteiger charge is 2.13. The number of ether oxygens (including phenoxy) is 1. The van der Waals surface area contributed by atoms with E-state index in [0.29, 0.717) is 22.0 Å². The summed E-state index contributed by atoms with van der Waals surface area (Å²) in [5, 5.41) is 12.8. The second-order valence-corrected chi connectivity index (χ2v) is 7.41. The van der Waals surface area contributed by atoms with Crippen molar-refractivity contribution in [1.29, 1.82) is 5.26 Å². The van der Waals surface area contributed by atoms with Crippen LogP contribution in [0.4, 0.5) is 10.1 Å². The highest BCUT2D eigenvalue weighted by molar-refractivity contribution is 6.30. The first kappa shape index (κ1) is 22.1. The van der Waals surface area contributed by atoms with Crippen LogP contribution in [0.1, 0.15) is 22.3 Å². The third-order valence-corrected chi connectivity index (χ3v) is 5.03. The maximum atomic E-state index is 13.1. The summed E-state index contributed by atoms with van der Waals surface area (Å²) < 4.78 is 18.9. The molecule has 0 saturated carbocycles.